The SMILES string of the molecule is CCc1cc(=O)[nH]c(CN2CCCC(C)(CO)C2)n1. The number of aliphatic hydroxyl groups excluding tert-OH is 1. The van der Waals surface area contributed by atoms with Crippen LogP contribution in [0.25, 0.3) is 0 Å². The monoisotopic (exact) mass is 265 g/mol. The molecule has 1 aromatic rings. The van der Waals surface area contributed by atoms with Crippen molar-refractivity contribution in [3.05, 3.63) is 27.9 Å². The predicted molar refractivity (Wildman–Crippen MR) is 73.9 cm³/mol. The van der Waals surface area contributed by atoms with Gasteiger partial charge >= 0.3 is 0 Å². The Hall–Kier alpha value is -1.20. The Morgan fingerprint density at radius 1 is 1.58 bits per heavy atom. The van der Waals surface area contributed by atoms with Crippen LogP contribution in [0.4, 0.5) is 0 Å². The van der Waals surface area contributed by atoms with E-state index in [9.17, 15) is 9.90 Å². The van der Waals surface area contributed by atoms with Gasteiger partial charge in [0.25, 0.3) is 5.56 Å². The second-order valence-electron chi connectivity index (χ2n) is 5.82. The number of likely N-dealkylation sites (tertiary alicyclic amines) is 1. The van der Waals surface area contributed by atoms with E-state index >= 15 is 0 Å². The third kappa shape index (κ3) is 3.64. The van der Waals surface area contributed by atoms with Crippen LogP contribution in [0, 0.1) is 5.41 Å². The van der Waals surface area contributed by atoms with Crippen molar-refractivity contribution in [3.8, 4) is 0 Å². The molecule has 19 heavy (non-hydrogen) atoms. The van der Waals surface area contributed by atoms with Gasteiger partial charge in [-0.3, -0.25) is 9.69 Å². The first-order chi connectivity index (χ1) is 9.04. The summed E-state index contributed by atoms with van der Waals surface area (Å²) in [5.74, 6) is 0.728. The van der Waals surface area contributed by atoms with Gasteiger partial charge in [0.05, 0.1) is 6.54 Å². The summed E-state index contributed by atoms with van der Waals surface area (Å²) in [4.78, 5) is 21.1. The summed E-state index contributed by atoms with van der Waals surface area (Å²) >= 11 is 0. The van der Waals surface area contributed by atoms with Crippen molar-refractivity contribution in [2.45, 2.75) is 39.7 Å². The van der Waals surface area contributed by atoms with Gasteiger partial charge in [0, 0.05) is 30.3 Å². The Morgan fingerprint density at radius 3 is 3.05 bits per heavy atom. The van der Waals surface area contributed by atoms with E-state index in [1.807, 2.05) is 6.92 Å². The molecular formula is C14H23N3O2. The molecule has 0 aliphatic carbocycles. The molecule has 0 bridgehead atoms. The third-order valence-corrected chi connectivity index (χ3v) is 3.82. The number of hydrogen-bond acceptors (Lipinski definition) is 4. The number of aromatic nitrogens is 2. The zero-order chi connectivity index (χ0) is 13.9. The van der Waals surface area contributed by atoms with E-state index in [4.69, 9.17) is 0 Å². The Labute approximate surface area is 113 Å². The van der Waals surface area contributed by atoms with Crippen molar-refractivity contribution in [1.82, 2.24) is 14.9 Å². The minimum Gasteiger partial charge on any atom is -0.396 e. The second-order valence-corrected chi connectivity index (χ2v) is 5.82. The topological polar surface area (TPSA) is 69.2 Å². The fourth-order valence-corrected chi connectivity index (χ4v) is 2.72. The maximum Gasteiger partial charge on any atom is 0.251 e. The highest BCUT2D eigenvalue weighted by molar-refractivity contribution is 5.02. The van der Waals surface area contributed by atoms with E-state index < -0.39 is 0 Å². The first kappa shape index (κ1) is 14.2. The number of H-pyrrole nitrogens is 1. The zero-order valence-electron chi connectivity index (χ0n) is 11.8. The van der Waals surface area contributed by atoms with Crippen LogP contribution in [0.2, 0.25) is 0 Å². The average molecular weight is 265 g/mol. The highest BCUT2D eigenvalue weighted by Crippen LogP contribution is 2.29. The summed E-state index contributed by atoms with van der Waals surface area (Å²) in [5, 5.41) is 9.46. The smallest absolute Gasteiger partial charge is 0.251 e. The van der Waals surface area contributed by atoms with Crippen LogP contribution in [0.1, 0.15) is 38.2 Å². The van der Waals surface area contributed by atoms with Gasteiger partial charge in [-0.15, -0.1) is 0 Å². The number of piperidine rings is 1. The van der Waals surface area contributed by atoms with Crippen molar-refractivity contribution in [2.24, 2.45) is 5.41 Å². The Bertz CT molecular complexity index is 486. The molecule has 0 radical (unpaired) electrons. The fourth-order valence-electron chi connectivity index (χ4n) is 2.72. The maximum atomic E-state index is 11.5. The van der Waals surface area contributed by atoms with Gasteiger partial charge in [-0.05, 0) is 25.8 Å². The molecule has 1 atom stereocenters. The number of hydrogen-bond donors (Lipinski definition) is 2. The lowest BCUT2D eigenvalue weighted by Crippen LogP contribution is -2.43. The van der Waals surface area contributed by atoms with E-state index in [0.717, 1.165) is 43.9 Å². The van der Waals surface area contributed by atoms with Crippen molar-refractivity contribution in [1.29, 1.82) is 0 Å². The van der Waals surface area contributed by atoms with Crippen LogP contribution in [0.5, 0.6) is 0 Å². The van der Waals surface area contributed by atoms with E-state index in [0.29, 0.717) is 6.54 Å². The number of aromatic amines is 1. The lowest BCUT2D eigenvalue weighted by atomic mass is 9.83. The molecule has 0 spiro atoms. The number of aliphatic hydroxyl groups is 1. The zero-order valence-corrected chi connectivity index (χ0v) is 11.8. The van der Waals surface area contributed by atoms with Gasteiger partial charge in [-0.25, -0.2) is 4.98 Å². The van der Waals surface area contributed by atoms with Crippen LogP contribution in [0.15, 0.2) is 10.9 Å². The molecule has 0 amide bonds. The molecule has 1 saturated heterocycles. The van der Waals surface area contributed by atoms with Gasteiger partial charge in [0.2, 0.25) is 0 Å². The minimum atomic E-state index is -0.0798. The molecule has 5 nitrogen and oxygen atoms in total. The third-order valence-electron chi connectivity index (χ3n) is 3.82. The van der Waals surface area contributed by atoms with E-state index in [2.05, 4.69) is 21.8 Å². The number of rotatable bonds is 4. The van der Waals surface area contributed by atoms with E-state index in [1.54, 1.807) is 6.07 Å². The molecule has 2 rings (SSSR count). The van der Waals surface area contributed by atoms with Crippen LogP contribution in [-0.4, -0.2) is 39.7 Å². The standard InChI is InChI=1S/C14H23N3O2/c1-3-11-7-13(19)16-12(15-11)8-17-6-4-5-14(2,9-17)10-18/h7,18H,3-6,8-10H2,1-2H3,(H,15,16,19). The van der Waals surface area contributed by atoms with E-state index in [-0.39, 0.29) is 17.6 Å². The number of aryl methyl sites for hydroxylation is 1. The quantitative estimate of drug-likeness (QED) is 0.849. The molecule has 1 aliphatic rings. The Balaban J connectivity index is 2.08. The number of nitrogens with zero attached hydrogens (tertiary/aromatic N) is 2. The first-order valence-corrected chi connectivity index (χ1v) is 6.97. The van der Waals surface area contributed by atoms with Crippen molar-refractivity contribution >= 4 is 0 Å². The molecular weight excluding hydrogens is 242 g/mol. The summed E-state index contributed by atoms with van der Waals surface area (Å²) in [7, 11) is 0. The molecule has 1 aliphatic heterocycles. The normalized spacial score (nSPS) is 24.6. The summed E-state index contributed by atoms with van der Waals surface area (Å²) < 4.78 is 0. The fraction of sp³-hybridized carbons (Fsp3) is 0.714. The molecule has 1 aromatic heterocycles. The molecule has 1 fully saturated rings. The summed E-state index contributed by atoms with van der Waals surface area (Å²) in [6.45, 7) is 6.81. The maximum absolute atomic E-state index is 11.5. The molecule has 2 N–H and O–H groups in total. The molecule has 0 saturated carbocycles. The molecule has 2 heterocycles. The molecule has 106 valence electrons. The largest absolute Gasteiger partial charge is 0.396 e. The van der Waals surface area contributed by atoms with Crippen LogP contribution >= 0.6 is 0 Å². The van der Waals surface area contributed by atoms with Crippen molar-refractivity contribution < 1.29 is 5.11 Å². The van der Waals surface area contributed by atoms with Crippen molar-refractivity contribution in [3.63, 3.8) is 0 Å². The highest BCUT2D eigenvalue weighted by Gasteiger charge is 2.30. The van der Waals surface area contributed by atoms with Crippen LogP contribution in [0.3, 0.4) is 0 Å². The van der Waals surface area contributed by atoms with Gasteiger partial charge in [0.15, 0.2) is 0 Å². The van der Waals surface area contributed by atoms with Crippen molar-refractivity contribution in [2.75, 3.05) is 19.7 Å². The molecule has 1 unspecified atom stereocenters. The van der Waals surface area contributed by atoms with Crippen LogP contribution < -0.4 is 5.56 Å². The Morgan fingerprint density at radius 2 is 2.37 bits per heavy atom. The summed E-state index contributed by atoms with van der Waals surface area (Å²) in [5.41, 5.74) is 0.727. The summed E-state index contributed by atoms with van der Waals surface area (Å²) in [6.07, 6.45) is 2.90. The summed E-state index contributed by atoms with van der Waals surface area (Å²) in [6, 6.07) is 1.55. The molecule has 5 heteroatoms. The first-order valence-electron chi connectivity index (χ1n) is 6.97. The lowest BCUT2D eigenvalue weighted by Gasteiger charge is -2.39. The van der Waals surface area contributed by atoms with Crippen LogP contribution in [-0.2, 0) is 13.0 Å². The second kappa shape index (κ2) is 5.84. The van der Waals surface area contributed by atoms with Gasteiger partial charge in [0.1, 0.15) is 5.82 Å². The molecule has 0 aromatic carbocycles. The number of nitrogens with one attached hydrogen (secondary N) is 1. The van der Waals surface area contributed by atoms with Gasteiger partial charge in [-0.2, -0.15) is 0 Å². The lowest BCUT2D eigenvalue weighted by molar-refractivity contribution is 0.0417. The highest BCUT2D eigenvalue weighted by atomic mass is 16.3. The van der Waals surface area contributed by atoms with E-state index in [1.165, 1.54) is 0 Å². The minimum absolute atomic E-state index is 0.0269. The predicted octanol–water partition coefficient (Wildman–Crippen LogP) is 0.927. The average Bonchev–Trinajstić information content (AvgIpc) is 2.38. The van der Waals surface area contributed by atoms with Gasteiger partial charge in [-0.1, -0.05) is 13.8 Å². The Kier molecular flexibility index (Phi) is 4.37. The van der Waals surface area contributed by atoms with Gasteiger partial charge < -0.3 is 10.1 Å².